The SMILES string of the molecule is c1ccc(-c2nc(-c3cc(-c4cccnc4)cc(-c4cccc5cccnc45)c3)cc(-c3ccc4c(c3)oc3ccccc34)n2)cc1. The minimum absolute atomic E-state index is 0.656. The normalized spacial score (nSPS) is 11.4. The molecule has 0 fully saturated rings. The molecule has 5 aromatic carbocycles. The van der Waals surface area contributed by atoms with Crippen LogP contribution in [-0.2, 0) is 0 Å². The first-order valence-electron chi connectivity index (χ1n) is 15.5. The molecule has 0 saturated heterocycles. The van der Waals surface area contributed by atoms with Crippen LogP contribution >= 0.6 is 0 Å². The minimum Gasteiger partial charge on any atom is -0.456 e. The lowest BCUT2D eigenvalue weighted by molar-refractivity contribution is 0.669. The second-order valence-corrected chi connectivity index (χ2v) is 11.6. The van der Waals surface area contributed by atoms with Crippen molar-refractivity contribution >= 4 is 32.8 Å². The largest absolute Gasteiger partial charge is 0.456 e. The lowest BCUT2D eigenvalue weighted by Gasteiger charge is -2.14. The Morgan fingerprint density at radius 2 is 1.19 bits per heavy atom. The molecule has 0 aliphatic carbocycles. The maximum atomic E-state index is 6.25. The molecule has 47 heavy (non-hydrogen) atoms. The molecule has 0 radical (unpaired) electrons. The smallest absolute Gasteiger partial charge is 0.160 e. The van der Waals surface area contributed by atoms with Crippen LogP contribution in [0.1, 0.15) is 0 Å². The van der Waals surface area contributed by atoms with E-state index in [1.54, 1.807) is 6.20 Å². The van der Waals surface area contributed by atoms with E-state index in [-0.39, 0.29) is 0 Å². The zero-order chi connectivity index (χ0) is 31.2. The first kappa shape index (κ1) is 26.9. The van der Waals surface area contributed by atoms with Crippen LogP contribution in [0, 0.1) is 0 Å². The van der Waals surface area contributed by atoms with Gasteiger partial charge in [-0.3, -0.25) is 9.97 Å². The number of fused-ring (bicyclic) bond motifs is 4. The van der Waals surface area contributed by atoms with Gasteiger partial charge < -0.3 is 4.42 Å². The van der Waals surface area contributed by atoms with E-state index in [2.05, 4.69) is 83.8 Å². The molecule has 9 aromatic rings. The molecule has 0 unspecified atom stereocenters. The highest BCUT2D eigenvalue weighted by Gasteiger charge is 2.16. The van der Waals surface area contributed by atoms with Crippen LogP contribution in [-0.4, -0.2) is 19.9 Å². The monoisotopic (exact) mass is 602 g/mol. The number of nitrogens with zero attached hydrogens (tertiary/aromatic N) is 4. The van der Waals surface area contributed by atoms with Crippen molar-refractivity contribution in [2.45, 2.75) is 0 Å². The van der Waals surface area contributed by atoms with Crippen molar-refractivity contribution in [1.29, 1.82) is 0 Å². The highest BCUT2D eigenvalue weighted by Crippen LogP contribution is 2.37. The first-order valence-corrected chi connectivity index (χ1v) is 15.5. The number of rotatable bonds is 5. The fourth-order valence-electron chi connectivity index (χ4n) is 6.31. The van der Waals surface area contributed by atoms with Gasteiger partial charge in [0.15, 0.2) is 5.82 Å². The standard InChI is InChI=1S/C42H26N4O/c1-2-9-28(10-3-1)42-45-37(29-17-18-36-35-14-4-5-16-39(35)47-40(36)24-29)25-38(46-42)33-22-31(30-13-7-19-43-26-30)21-32(23-33)34-15-6-11-27-12-8-20-44-41(27)34/h1-26H. The highest BCUT2D eigenvalue weighted by atomic mass is 16.3. The second-order valence-electron chi connectivity index (χ2n) is 11.6. The summed E-state index contributed by atoms with van der Waals surface area (Å²) in [6.07, 6.45) is 5.54. The van der Waals surface area contributed by atoms with Crippen molar-refractivity contribution in [2.24, 2.45) is 0 Å². The Morgan fingerprint density at radius 3 is 2.09 bits per heavy atom. The molecule has 220 valence electrons. The minimum atomic E-state index is 0.656. The van der Waals surface area contributed by atoms with E-state index in [1.165, 1.54) is 0 Å². The summed E-state index contributed by atoms with van der Waals surface area (Å²) < 4.78 is 6.25. The molecule has 0 saturated carbocycles. The Balaban J connectivity index is 1.27. The van der Waals surface area contributed by atoms with E-state index in [0.29, 0.717) is 5.82 Å². The molecule has 9 rings (SSSR count). The second kappa shape index (κ2) is 11.2. The van der Waals surface area contributed by atoms with Gasteiger partial charge in [0.25, 0.3) is 0 Å². The first-order chi connectivity index (χ1) is 23.3. The van der Waals surface area contributed by atoms with E-state index in [1.807, 2.05) is 73.1 Å². The number of furan rings is 1. The molecule has 4 aromatic heterocycles. The van der Waals surface area contributed by atoms with Crippen LogP contribution in [0.5, 0.6) is 0 Å². The number of hydrogen-bond donors (Lipinski definition) is 0. The lowest BCUT2D eigenvalue weighted by atomic mass is 9.94. The molecular formula is C42H26N4O. The predicted octanol–water partition coefficient (Wildman–Crippen LogP) is 10.7. The van der Waals surface area contributed by atoms with Crippen molar-refractivity contribution in [1.82, 2.24) is 19.9 Å². The molecule has 5 nitrogen and oxygen atoms in total. The Labute approximate surface area is 270 Å². The molecular weight excluding hydrogens is 576 g/mol. The van der Waals surface area contributed by atoms with Gasteiger partial charge in [-0.05, 0) is 65.7 Å². The third-order valence-corrected chi connectivity index (χ3v) is 8.60. The van der Waals surface area contributed by atoms with Crippen LogP contribution in [0.3, 0.4) is 0 Å². The van der Waals surface area contributed by atoms with Crippen LogP contribution in [0.25, 0.3) is 89.0 Å². The third-order valence-electron chi connectivity index (χ3n) is 8.60. The Hall–Kier alpha value is -6.46. The number of para-hydroxylation sites is 2. The summed E-state index contributed by atoms with van der Waals surface area (Å²) in [5.74, 6) is 0.656. The number of hydrogen-bond acceptors (Lipinski definition) is 5. The van der Waals surface area contributed by atoms with Crippen molar-refractivity contribution in [3.8, 4) is 56.2 Å². The molecule has 0 amide bonds. The van der Waals surface area contributed by atoms with E-state index in [4.69, 9.17) is 19.4 Å². The quantitative estimate of drug-likeness (QED) is 0.196. The van der Waals surface area contributed by atoms with Crippen LogP contribution < -0.4 is 0 Å². The molecule has 0 aliphatic rings. The zero-order valence-corrected chi connectivity index (χ0v) is 25.2. The van der Waals surface area contributed by atoms with E-state index < -0.39 is 0 Å². The van der Waals surface area contributed by atoms with Crippen LogP contribution in [0.15, 0.2) is 163 Å². The summed E-state index contributed by atoms with van der Waals surface area (Å²) in [6, 6.07) is 47.7. The fraction of sp³-hybridized carbons (Fsp3) is 0. The molecule has 4 heterocycles. The summed E-state index contributed by atoms with van der Waals surface area (Å²) in [6.45, 7) is 0. The van der Waals surface area contributed by atoms with Gasteiger partial charge in [0, 0.05) is 62.6 Å². The van der Waals surface area contributed by atoms with Gasteiger partial charge in [-0.15, -0.1) is 0 Å². The third kappa shape index (κ3) is 4.91. The average molecular weight is 603 g/mol. The van der Waals surface area contributed by atoms with Gasteiger partial charge in [0.1, 0.15) is 11.2 Å². The molecule has 5 heteroatoms. The maximum absolute atomic E-state index is 6.25. The fourth-order valence-corrected chi connectivity index (χ4v) is 6.31. The number of aromatic nitrogens is 4. The predicted molar refractivity (Wildman–Crippen MR) is 190 cm³/mol. The maximum Gasteiger partial charge on any atom is 0.160 e. The number of pyridine rings is 2. The van der Waals surface area contributed by atoms with Gasteiger partial charge in [-0.1, -0.05) is 84.9 Å². The van der Waals surface area contributed by atoms with Gasteiger partial charge in [0.05, 0.1) is 16.9 Å². The lowest BCUT2D eigenvalue weighted by Crippen LogP contribution is -1.97. The molecule has 0 spiro atoms. The van der Waals surface area contributed by atoms with E-state index in [9.17, 15) is 0 Å². The Bertz CT molecular complexity index is 2570. The molecule has 0 bridgehead atoms. The average Bonchev–Trinajstić information content (AvgIpc) is 3.53. The van der Waals surface area contributed by atoms with Crippen LogP contribution in [0.4, 0.5) is 0 Å². The summed E-state index contributed by atoms with van der Waals surface area (Å²) in [5.41, 5.74) is 11.3. The summed E-state index contributed by atoms with van der Waals surface area (Å²) in [5, 5.41) is 3.28. The van der Waals surface area contributed by atoms with Crippen molar-refractivity contribution in [2.75, 3.05) is 0 Å². The van der Waals surface area contributed by atoms with E-state index >= 15 is 0 Å². The molecule has 0 aliphatic heterocycles. The topological polar surface area (TPSA) is 64.7 Å². The van der Waals surface area contributed by atoms with E-state index in [0.717, 1.165) is 83.2 Å². The molecule has 0 N–H and O–H groups in total. The Morgan fingerprint density at radius 1 is 0.447 bits per heavy atom. The van der Waals surface area contributed by atoms with Crippen molar-refractivity contribution < 1.29 is 4.42 Å². The van der Waals surface area contributed by atoms with Gasteiger partial charge in [-0.2, -0.15) is 0 Å². The number of benzene rings is 5. The van der Waals surface area contributed by atoms with Gasteiger partial charge in [-0.25, -0.2) is 9.97 Å². The zero-order valence-electron chi connectivity index (χ0n) is 25.2. The van der Waals surface area contributed by atoms with Crippen molar-refractivity contribution in [3.05, 3.63) is 158 Å². The van der Waals surface area contributed by atoms with Crippen molar-refractivity contribution in [3.63, 3.8) is 0 Å². The van der Waals surface area contributed by atoms with Gasteiger partial charge in [0.2, 0.25) is 0 Å². The summed E-state index contributed by atoms with van der Waals surface area (Å²) in [7, 11) is 0. The van der Waals surface area contributed by atoms with Crippen LogP contribution in [0.2, 0.25) is 0 Å². The Kier molecular flexibility index (Phi) is 6.39. The highest BCUT2D eigenvalue weighted by molar-refractivity contribution is 6.06. The van der Waals surface area contributed by atoms with Gasteiger partial charge >= 0.3 is 0 Å². The summed E-state index contributed by atoms with van der Waals surface area (Å²) in [4.78, 5) is 19.4. The molecule has 0 atom stereocenters. The summed E-state index contributed by atoms with van der Waals surface area (Å²) >= 11 is 0.